The maximum absolute atomic E-state index is 13.0. The van der Waals surface area contributed by atoms with Crippen LogP contribution in [-0.4, -0.2) is 30.6 Å². The monoisotopic (exact) mass is 479 g/mol. The molecule has 0 radical (unpaired) electrons. The van der Waals surface area contributed by atoms with E-state index in [2.05, 4.69) is 34.3 Å². The molecule has 0 saturated carbocycles. The van der Waals surface area contributed by atoms with Crippen LogP contribution in [0, 0.1) is 5.92 Å². The summed E-state index contributed by atoms with van der Waals surface area (Å²) in [5.41, 5.74) is 4.22. The largest absolute Gasteiger partial charge is 0.465 e. The minimum atomic E-state index is -0.653. The molecule has 0 unspecified atom stereocenters. The Morgan fingerprint density at radius 2 is 1.56 bits per heavy atom. The highest BCUT2D eigenvalue weighted by Crippen LogP contribution is 2.23. The average Bonchev–Trinajstić information content (AvgIpc) is 3.37. The predicted octanol–water partition coefficient (Wildman–Crippen LogP) is 5.64. The lowest BCUT2D eigenvalue weighted by atomic mass is 9.99. The molecular formula is C28H33NO4S. The van der Waals surface area contributed by atoms with Gasteiger partial charge in [0, 0.05) is 0 Å². The standard InChI is InChI=1S/C28H33NO4S/c1-4-32-27(30)26(17-21-10-12-23(13-11-21)24-14-15-34-19-24)29-25(16-20(2)3)28(31)33-18-22-8-6-5-7-9-22/h5-15,19-20,25-26,29H,4,16-18H2,1-3H3/t25-,26-/m0/s1. The van der Waals surface area contributed by atoms with E-state index in [4.69, 9.17) is 9.47 Å². The van der Waals surface area contributed by atoms with Gasteiger partial charge in [-0.3, -0.25) is 14.9 Å². The third-order valence-electron chi connectivity index (χ3n) is 5.44. The number of carbonyl (C=O) groups excluding carboxylic acids is 2. The van der Waals surface area contributed by atoms with Crippen LogP contribution in [0.1, 0.15) is 38.3 Å². The first kappa shape index (κ1) is 25.7. The molecule has 0 amide bonds. The van der Waals surface area contributed by atoms with Gasteiger partial charge in [-0.1, -0.05) is 68.4 Å². The van der Waals surface area contributed by atoms with E-state index in [1.165, 1.54) is 5.56 Å². The zero-order valence-corrected chi connectivity index (χ0v) is 20.8. The molecule has 2 atom stereocenters. The Morgan fingerprint density at radius 1 is 0.853 bits per heavy atom. The van der Waals surface area contributed by atoms with Gasteiger partial charge in [0.2, 0.25) is 0 Å². The zero-order valence-electron chi connectivity index (χ0n) is 20.0. The van der Waals surface area contributed by atoms with E-state index in [-0.39, 0.29) is 31.1 Å². The van der Waals surface area contributed by atoms with Gasteiger partial charge in [0.15, 0.2) is 0 Å². The lowest BCUT2D eigenvalue weighted by Gasteiger charge is -2.25. The summed E-state index contributed by atoms with van der Waals surface area (Å²) in [6.45, 7) is 6.35. The topological polar surface area (TPSA) is 64.6 Å². The molecule has 0 aliphatic rings. The Balaban J connectivity index is 1.71. The van der Waals surface area contributed by atoms with Crippen LogP contribution in [0.25, 0.3) is 11.1 Å². The number of nitrogens with one attached hydrogen (secondary N) is 1. The van der Waals surface area contributed by atoms with E-state index in [0.29, 0.717) is 12.8 Å². The summed E-state index contributed by atoms with van der Waals surface area (Å²) in [4.78, 5) is 25.7. The van der Waals surface area contributed by atoms with Crippen molar-refractivity contribution in [2.75, 3.05) is 6.61 Å². The molecule has 0 bridgehead atoms. The van der Waals surface area contributed by atoms with Gasteiger partial charge in [-0.05, 0) is 64.8 Å². The second kappa shape index (κ2) is 13.1. The van der Waals surface area contributed by atoms with E-state index in [1.807, 2.05) is 56.3 Å². The fraction of sp³-hybridized carbons (Fsp3) is 0.357. The van der Waals surface area contributed by atoms with Crippen molar-refractivity contribution in [3.05, 3.63) is 82.6 Å². The van der Waals surface area contributed by atoms with E-state index in [9.17, 15) is 9.59 Å². The second-order valence-electron chi connectivity index (χ2n) is 8.66. The number of thiophene rings is 1. The highest BCUT2D eigenvalue weighted by atomic mass is 32.1. The van der Waals surface area contributed by atoms with E-state index >= 15 is 0 Å². The van der Waals surface area contributed by atoms with Gasteiger partial charge < -0.3 is 9.47 Å². The minimum absolute atomic E-state index is 0.198. The Kier molecular flexibility index (Phi) is 9.86. The van der Waals surface area contributed by atoms with Crippen molar-refractivity contribution in [2.24, 2.45) is 5.92 Å². The maximum atomic E-state index is 13.0. The molecule has 0 spiro atoms. The Bertz CT molecular complexity index is 1020. The van der Waals surface area contributed by atoms with Crippen molar-refractivity contribution in [1.29, 1.82) is 0 Å². The predicted molar refractivity (Wildman–Crippen MR) is 136 cm³/mol. The number of ether oxygens (including phenoxy) is 2. The molecule has 1 heterocycles. The smallest absolute Gasteiger partial charge is 0.323 e. The molecule has 3 aromatic rings. The molecule has 5 nitrogen and oxygen atoms in total. The minimum Gasteiger partial charge on any atom is -0.465 e. The first-order valence-electron chi connectivity index (χ1n) is 11.7. The van der Waals surface area contributed by atoms with Crippen LogP contribution in [0.3, 0.4) is 0 Å². The molecule has 1 aromatic heterocycles. The van der Waals surface area contributed by atoms with Crippen molar-refractivity contribution in [1.82, 2.24) is 5.32 Å². The summed E-state index contributed by atoms with van der Waals surface area (Å²) >= 11 is 1.66. The van der Waals surface area contributed by atoms with Crippen LogP contribution in [0.5, 0.6) is 0 Å². The molecule has 0 aliphatic heterocycles. The fourth-order valence-corrected chi connectivity index (χ4v) is 4.39. The molecule has 0 saturated heterocycles. The van der Waals surface area contributed by atoms with Crippen molar-refractivity contribution in [2.45, 2.75) is 52.3 Å². The third kappa shape index (κ3) is 7.82. The van der Waals surface area contributed by atoms with Crippen molar-refractivity contribution >= 4 is 23.3 Å². The number of benzene rings is 2. The van der Waals surface area contributed by atoms with Gasteiger partial charge in [0.05, 0.1) is 6.61 Å². The van der Waals surface area contributed by atoms with Crippen molar-refractivity contribution in [3.8, 4) is 11.1 Å². The van der Waals surface area contributed by atoms with Crippen LogP contribution < -0.4 is 5.32 Å². The molecule has 1 N–H and O–H groups in total. The third-order valence-corrected chi connectivity index (χ3v) is 6.12. The van der Waals surface area contributed by atoms with Gasteiger partial charge in [-0.15, -0.1) is 0 Å². The van der Waals surface area contributed by atoms with Gasteiger partial charge in [0.1, 0.15) is 18.7 Å². The van der Waals surface area contributed by atoms with Gasteiger partial charge >= 0.3 is 11.9 Å². The first-order chi connectivity index (χ1) is 16.5. The van der Waals surface area contributed by atoms with E-state index in [0.717, 1.165) is 16.7 Å². The summed E-state index contributed by atoms with van der Waals surface area (Å²) in [6, 6.07) is 18.5. The number of rotatable bonds is 12. The van der Waals surface area contributed by atoms with E-state index in [1.54, 1.807) is 18.3 Å². The lowest BCUT2D eigenvalue weighted by Crippen LogP contribution is -2.50. The number of carbonyl (C=O) groups is 2. The Hall–Kier alpha value is -2.96. The molecule has 2 aromatic carbocycles. The normalized spacial score (nSPS) is 12.8. The summed E-state index contributed by atoms with van der Waals surface area (Å²) in [6.07, 6.45) is 0.976. The Morgan fingerprint density at radius 3 is 2.18 bits per heavy atom. The summed E-state index contributed by atoms with van der Waals surface area (Å²) < 4.78 is 10.9. The Labute approximate surface area is 206 Å². The van der Waals surface area contributed by atoms with Crippen LogP contribution in [0.15, 0.2) is 71.4 Å². The number of esters is 2. The van der Waals surface area contributed by atoms with Crippen molar-refractivity contribution in [3.63, 3.8) is 0 Å². The maximum Gasteiger partial charge on any atom is 0.323 e. The highest BCUT2D eigenvalue weighted by Gasteiger charge is 2.29. The van der Waals surface area contributed by atoms with E-state index < -0.39 is 12.1 Å². The number of hydrogen-bond acceptors (Lipinski definition) is 6. The summed E-state index contributed by atoms with van der Waals surface area (Å²) in [7, 11) is 0. The van der Waals surface area contributed by atoms with Gasteiger partial charge in [-0.25, -0.2) is 0 Å². The van der Waals surface area contributed by atoms with Gasteiger partial charge in [-0.2, -0.15) is 11.3 Å². The summed E-state index contributed by atoms with van der Waals surface area (Å²) in [5, 5.41) is 7.41. The zero-order chi connectivity index (χ0) is 24.3. The summed E-state index contributed by atoms with van der Waals surface area (Å²) in [5.74, 6) is -0.483. The van der Waals surface area contributed by atoms with Crippen LogP contribution in [-0.2, 0) is 32.1 Å². The van der Waals surface area contributed by atoms with Crippen LogP contribution in [0.2, 0.25) is 0 Å². The molecule has 180 valence electrons. The second-order valence-corrected chi connectivity index (χ2v) is 9.44. The molecule has 34 heavy (non-hydrogen) atoms. The van der Waals surface area contributed by atoms with Crippen molar-refractivity contribution < 1.29 is 19.1 Å². The van der Waals surface area contributed by atoms with Crippen LogP contribution >= 0.6 is 11.3 Å². The fourth-order valence-electron chi connectivity index (χ4n) is 3.73. The highest BCUT2D eigenvalue weighted by molar-refractivity contribution is 7.08. The molecular weight excluding hydrogens is 446 g/mol. The molecule has 3 rings (SSSR count). The van der Waals surface area contributed by atoms with Crippen LogP contribution in [0.4, 0.5) is 0 Å². The molecule has 6 heteroatoms. The SMILES string of the molecule is CCOC(=O)[C@H](Cc1ccc(-c2ccsc2)cc1)N[C@@H](CC(C)C)C(=O)OCc1ccccc1. The quantitative estimate of drug-likeness (QED) is 0.341. The lowest BCUT2D eigenvalue weighted by molar-refractivity contribution is -0.150. The average molecular weight is 480 g/mol. The van der Waals surface area contributed by atoms with Gasteiger partial charge in [0.25, 0.3) is 0 Å². The molecule has 0 fully saturated rings. The number of hydrogen-bond donors (Lipinski definition) is 1. The first-order valence-corrected chi connectivity index (χ1v) is 12.6. The molecule has 0 aliphatic carbocycles.